The molecular formula is C18H15NO. The van der Waals surface area contributed by atoms with E-state index in [-0.39, 0.29) is 11.8 Å². The van der Waals surface area contributed by atoms with Crippen LogP contribution in [0, 0.1) is 0 Å². The van der Waals surface area contributed by atoms with Crippen molar-refractivity contribution >= 4 is 5.91 Å². The average molecular weight is 261 g/mol. The van der Waals surface area contributed by atoms with Gasteiger partial charge >= 0.3 is 0 Å². The molecular weight excluding hydrogens is 246 g/mol. The van der Waals surface area contributed by atoms with Crippen LogP contribution < -0.4 is 0 Å². The normalized spacial score (nSPS) is 14.5. The van der Waals surface area contributed by atoms with Crippen LogP contribution in [0.15, 0.2) is 85.2 Å². The summed E-state index contributed by atoms with van der Waals surface area (Å²) in [5.74, 6) is 0.223. The van der Waals surface area contributed by atoms with E-state index in [0.717, 1.165) is 0 Å². The predicted molar refractivity (Wildman–Crippen MR) is 80.1 cm³/mol. The molecule has 0 saturated heterocycles. The topological polar surface area (TPSA) is 20.3 Å². The highest BCUT2D eigenvalue weighted by molar-refractivity contribution is 5.95. The third-order valence-electron chi connectivity index (χ3n) is 3.35. The molecule has 1 amide bonds. The quantitative estimate of drug-likeness (QED) is 0.801. The molecule has 0 bridgehead atoms. The zero-order chi connectivity index (χ0) is 13.8. The summed E-state index contributed by atoms with van der Waals surface area (Å²) in [5, 5.41) is 0. The smallest absolute Gasteiger partial charge is 0.261 e. The molecule has 0 spiro atoms. The molecule has 0 aromatic heterocycles. The highest BCUT2D eigenvalue weighted by atomic mass is 16.2. The van der Waals surface area contributed by atoms with E-state index in [9.17, 15) is 4.79 Å². The van der Waals surface area contributed by atoms with E-state index in [4.69, 9.17) is 0 Å². The van der Waals surface area contributed by atoms with Crippen LogP contribution in [0.5, 0.6) is 0 Å². The second kappa shape index (κ2) is 5.57. The van der Waals surface area contributed by atoms with E-state index < -0.39 is 0 Å². The predicted octanol–water partition coefficient (Wildman–Crippen LogP) is 3.95. The Labute approximate surface area is 118 Å². The second-order valence-electron chi connectivity index (χ2n) is 4.70. The molecule has 1 heterocycles. The summed E-state index contributed by atoms with van der Waals surface area (Å²) in [6.45, 7) is 0. The Balaban J connectivity index is 1.75. The van der Waals surface area contributed by atoms with Crippen LogP contribution in [0.25, 0.3) is 0 Å². The lowest BCUT2D eigenvalue weighted by atomic mass is 9.97. The maximum absolute atomic E-state index is 12.3. The van der Waals surface area contributed by atoms with Crippen molar-refractivity contribution in [1.82, 2.24) is 4.90 Å². The van der Waals surface area contributed by atoms with Crippen molar-refractivity contribution < 1.29 is 4.79 Å². The third kappa shape index (κ3) is 2.54. The van der Waals surface area contributed by atoms with Gasteiger partial charge in [0.05, 0.1) is 0 Å². The van der Waals surface area contributed by atoms with Gasteiger partial charge in [-0.25, -0.2) is 0 Å². The highest BCUT2D eigenvalue weighted by Gasteiger charge is 2.15. The van der Waals surface area contributed by atoms with Crippen LogP contribution in [-0.4, -0.2) is 10.8 Å². The van der Waals surface area contributed by atoms with E-state index >= 15 is 0 Å². The number of benzene rings is 2. The van der Waals surface area contributed by atoms with Gasteiger partial charge < -0.3 is 0 Å². The summed E-state index contributed by atoms with van der Waals surface area (Å²) in [4.78, 5) is 13.9. The molecule has 0 fully saturated rings. The SMILES string of the molecule is O=C(c1ccccc1)N1C=CC(c2ccccc2)C=C1. The van der Waals surface area contributed by atoms with Crippen molar-refractivity contribution in [3.63, 3.8) is 0 Å². The first-order chi connectivity index (χ1) is 9.84. The van der Waals surface area contributed by atoms with Gasteiger partial charge in [-0.05, 0) is 17.7 Å². The maximum atomic E-state index is 12.3. The Hall–Kier alpha value is -2.61. The Morgan fingerprint density at radius 2 is 1.35 bits per heavy atom. The molecule has 20 heavy (non-hydrogen) atoms. The summed E-state index contributed by atoms with van der Waals surface area (Å²) in [7, 11) is 0. The summed E-state index contributed by atoms with van der Waals surface area (Å²) in [6, 6.07) is 19.5. The zero-order valence-corrected chi connectivity index (χ0v) is 11.0. The van der Waals surface area contributed by atoms with Gasteiger partial charge in [-0.2, -0.15) is 0 Å². The van der Waals surface area contributed by atoms with E-state index in [1.165, 1.54) is 5.56 Å². The van der Waals surface area contributed by atoms with Crippen LogP contribution >= 0.6 is 0 Å². The summed E-state index contributed by atoms with van der Waals surface area (Å²) in [5.41, 5.74) is 1.92. The van der Waals surface area contributed by atoms with E-state index in [1.807, 2.05) is 73.1 Å². The first-order valence-corrected chi connectivity index (χ1v) is 6.64. The number of rotatable bonds is 2. The number of nitrogens with zero attached hydrogens (tertiary/aromatic N) is 1. The van der Waals surface area contributed by atoms with E-state index in [0.29, 0.717) is 5.56 Å². The van der Waals surface area contributed by atoms with Gasteiger partial charge in [0, 0.05) is 23.9 Å². The van der Waals surface area contributed by atoms with Crippen molar-refractivity contribution in [2.24, 2.45) is 0 Å². The molecule has 2 nitrogen and oxygen atoms in total. The van der Waals surface area contributed by atoms with Gasteiger partial charge in [0.1, 0.15) is 0 Å². The van der Waals surface area contributed by atoms with Crippen LogP contribution in [0.3, 0.4) is 0 Å². The molecule has 98 valence electrons. The lowest BCUT2D eigenvalue weighted by Crippen LogP contribution is -2.22. The monoisotopic (exact) mass is 261 g/mol. The number of carbonyl (C=O) groups excluding carboxylic acids is 1. The zero-order valence-electron chi connectivity index (χ0n) is 11.0. The Bertz CT molecular complexity index is 630. The number of carbonyl (C=O) groups is 1. The number of hydrogen-bond donors (Lipinski definition) is 0. The molecule has 0 saturated carbocycles. The van der Waals surface area contributed by atoms with Crippen molar-refractivity contribution in [3.05, 3.63) is 96.3 Å². The lowest BCUT2D eigenvalue weighted by molar-refractivity contribution is 0.0867. The van der Waals surface area contributed by atoms with Gasteiger partial charge in [0.15, 0.2) is 0 Å². The van der Waals surface area contributed by atoms with Crippen LogP contribution in [0.2, 0.25) is 0 Å². The van der Waals surface area contributed by atoms with Gasteiger partial charge in [-0.15, -0.1) is 0 Å². The van der Waals surface area contributed by atoms with Gasteiger partial charge in [-0.3, -0.25) is 9.69 Å². The fourth-order valence-electron chi connectivity index (χ4n) is 2.25. The molecule has 0 unspecified atom stereocenters. The summed E-state index contributed by atoms with van der Waals surface area (Å²) >= 11 is 0. The number of allylic oxidation sites excluding steroid dienone is 2. The molecule has 0 atom stereocenters. The fourth-order valence-corrected chi connectivity index (χ4v) is 2.25. The fraction of sp³-hybridized carbons (Fsp3) is 0.0556. The van der Waals surface area contributed by atoms with Gasteiger partial charge in [0.25, 0.3) is 5.91 Å². The summed E-state index contributed by atoms with van der Waals surface area (Å²) in [6.07, 6.45) is 7.76. The molecule has 2 heteroatoms. The van der Waals surface area contributed by atoms with Crippen molar-refractivity contribution in [2.75, 3.05) is 0 Å². The molecule has 0 radical (unpaired) electrons. The van der Waals surface area contributed by atoms with Gasteiger partial charge in [-0.1, -0.05) is 60.7 Å². The highest BCUT2D eigenvalue weighted by Crippen LogP contribution is 2.23. The second-order valence-corrected chi connectivity index (χ2v) is 4.70. The Kier molecular flexibility index (Phi) is 3.46. The van der Waals surface area contributed by atoms with Crippen LogP contribution in [0.1, 0.15) is 21.8 Å². The molecule has 1 aliphatic heterocycles. The van der Waals surface area contributed by atoms with E-state index in [2.05, 4.69) is 12.1 Å². The molecule has 3 rings (SSSR count). The number of hydrogen-bond acceptors (Lipinski definition) is 1. The lowest BCUT2D eigenvalue weighted by Gasteiger charge is -2.20. The van der Waals surface area contributed by atoms with E-state index in [1.54, 1.807) is 4.90 Å². The minimum Gasteiger partial charge on any atom is -0.291 e. The van der Waals surface area contributed by atoms with Crippen molar-refractivity contribution in [1.29, 1.82) is 0 Å². The minimum atomic E-state index is -0.00962. The standard InChI is InChI=1S/C18H15NO/c20-18(17-9-5-2-6-10-17)19-13-11-16(12-14-19)15-7-3-1-4-8-15/h1-14,16H. The third-order valence-corrected chi connectivity index (χ3v) is 3.35. The first kappa shape index (κ1) is 12.4. The van der Waals surface area contributed by atoms with Crippen LogP contribution in [0.4, 0.5) is 0 Å². The van der Waals surface area contributed by atoms with Gasteiger partial charge in [0.2, 0.25) is 0 Å². The largest absolute Gasteiger partial charge is 0.291 e. The average Bonchev–Trinajstić information content (AvgIpc) is 2.56. The molecule has 2 aromatic rings. The summed E-state index contributed by atoms with van der Waals surface area (Å²) < 4.78 is 0. The molecule has 1 aliphatic rings. The first-order valence-electron chi connectivity index (χ1n) is 6.64. The number of amides is 1. The molecule has 0 N–H and O–H groups in total. The Morgan fingerprint density at radius 3 is 1.95 bits per heavy atom. The molecule has 2 aromatic carbocycles. The van der Waals surface area contributed by atoms with Crippen molar-refractivity contribution in [3.8, 4) is 0 Å². The minimum absolute atomic E-state index is 0.00962. The Morgan fingerprint density at radius 1 is 0.800 bits per heavy atom. The maximum Gasteiger partial charge on any atom is 0.261 e. The van der Waals surface area contributed by atoms with Crippen LogP contribution in [-0.2, 0) is 0 Å². The molecule has 0 aliphatic carbocycles. The van der Waals surface area contributed by atoms with Crippen molar-refractivity contribution in [2.45, 2.75) is 5.92 Å².